The Morgan fingerprint density at radius 2 is 1.93 bits per heavy atom. The average molecular weight is 399 g/mol. The van der Waals surface area contributed by atoms with Crippen LogP contribution in [0.15, 0.2) is 41.8 Å². The van der Waals surface area contributed by atoms with Gasteiger partial charge < -0.3 is 20.1 Å². The summed E-state index contributed by atoms with van der Waals surface area (Å²) in [6, 6.07) is 9.35. The number of hydrogen-bond acceptors (Lipinski definition) is 9. The van der Waals surface area contributed by atoms with Crippen LogP contribution in [0.3, 0.4) is 0 Å². The maximum Gasteiger partial charge on any atom is 0.165 e. The summed E-state index contributed by atoms with van der Waals surface area (Å²) in [6.45, 7) is -0.400. The zero-order valence-corrected chi connectivity index (χ0v) is 15.4. The summed E-state index contributed by atoms with van der Waals surface area (Å²) in [6.07, 6.45) is -1.27. The number of fused-ring (bicyclic) bond motifs is 1. The van der Waals surface area contributed by atoms with Gasteiger partial charge in [-0.1, -0.05) is 0 Å². The lowest BCUT2D eigenvalue weighted by Gasteiger charge is -2.16. The topological polar surface area (TPSA) is 137 Å². The number of benzene rings is 1. The highest BCUT2D eigenvalue weighted by Gasteiger charge is 2.44. The Morgan fingerprint density at radius 3 is 2.61 bits per heavy atom. The predicted octanol–water partition coefficient (Wildman–Crippen LogP) is 0.602. The Bertz CT molecular complexity index is 1020. The Hall–Kier alpha value is -2.55. The molecule has 0 spiro atoms. The molecule has 4 rings (SSSR count). The highest BCUT2D eigenvalue weighted by atomic mass is 32.2. The molecule has 0 radical (unpaired) electrons. The summed E-state index contributed by atoms with van der Waals surface area (Å²) in [5.74, 6) is 0.540. The molecule has 1 saturated heterocycles. The molecule has 144 valence electrons. The molecule has 28 heavy (non-hydrogen) atoms. The zero-order valence-electron chi connectivity index (χ0n) is 14.6. The first-order valence-corrected chi connectivity index (χ1v) is 9.52. The number of aliphatic hydroxyl groups excluding tert-OH is 3. The molecule has 3 heterocycles. The standard InChI is InChI=1S/C18H17N5O4S/c19-5-10-1-3-11(4-2-10)28-7-12-14-17(21-8-20-12)23(9-22-14)18-16(26)15(25)13(6-24)27-18/h1-4,8-9,13,15-16,18,24-26H,6-7H2/t13-,15-,16-,18-/m1/s1. The van der Waals surface area contributed by atoms with Gasteiger partial charge in [-0.15, -0.1) is 11.8 Å². The van der Waals surface area contributed by atoms with E-state index in [0.717, 1.165) is 4.90 Å². The Morgan fingerprint density at radius 1 is 1.14 bits per heavy atom. The van der Waals surface area contributed by atoms with Crippen LogP contribution in [0.25, 0.3) is 11.2 Å². The Labute approximate surface area is 164 Å². The molecule has 3 N–H and O–H groups in total. The SMILES string of the molecule is N#Cc1ccc(SCc2ncnc3c2ncn3[C@@H]2O[C@H](CO)[C@@H](O)[C@H]2O)cc1. The van der Waals surface area contributed by atoms with E-state index in [1.54, 1.807) is 23.9 Å². The van der Waals surface area contributed by atoms with Gasteiger partial charge in [-0.05, 0) is 24.3 Å². The smallest absolute Gasteiger partial charge is 0.165 e. The average Bonchev–Trinajstić information content (AvgIpc) is 3.28. The van der Waals surface area contributed by atoms with Crippen molar-refractivity contribution in [1.29, 1.82) is 5.26 Å². The van der Waals surface area contributed by atoms with Gasteiger partial charge in [0.1, 0.15) is 30.2 Å². The van der Waals surface area contributed by atoms with E-state index < -0.39 is 31.1 Å². The van der Waals surface area contributed by atoms with Gasteiger partial charge in [-0.2, -0.15) is 5.26 Å². The zero-order chi connectivity index (χ0) is 19.7. The van der Waals surface area contributed by atoms with E-state index in [1.807, 2.05) is 12.1 Å². The van der Waals surface area contributed by atoms with Gasteiger partial charge in [0, 0.05) is 10.6 Å². The first-order chi connectivity index (χ1) is 13.6. The monoisotopic (exact) mass is 399 g/mol. The molecule has 9 nitrogen and oxygen atoms in total. The minimum absolute atomic E-state index is 0.400. The van der Waals surface area contributed by atoms with Gasteiger partial charge >= 0.3 is 0 Å². The molecular formula is C18H17N5O4S. The molecule has 4 atom stereocenters. The van der Waals surface area contributed by atoms with E-state index in [4.69, 9.17) is 10.00 Å². The van der Waals surface area contributed by atoms with Gasteiger partial charge in [0.2, 0.25) is 0 Å². The van der Waals surface area contributed by atoms with Crippen molar-refractivity contribution in [2.75, 3.05) is 6.61 Å². The number of thioether (sulfide) groups is 1. The normalized spacial score (nSPS) is 24.5. The van der Waals surface area contributed by atoms with Crippen molar-refractivity contribution in [2.24, 2.45) is 0 Å². The second kappa shape index (κ2) is 7.83. The first kappa shape index (κ1) is 18.8. The summed E-state index contributed by atoms with van der Waals surface area (Å²) in [5, 5.41) is 38.4. The van der Waals surface area contributed by atoms with E-state index in [2.05, 4.69) is 21.0 Å². The minimum Gasteiger partial charge on any atom is -0.394 e. The van der Waals surface area contributed by atoms with Crippen molar-refractivity contribution in [1.82, 2.24) is 19.5 Å². The lowest BCUT2D eigenvalue weighted by Crippen LogP contribution is -2.33. The van der Waals surface area contributed by atoms with Crippen LogP contribution in [0.2, 0.25) is 0 Å². The van der Waals surface area contributed by atoms with Crippen molar-refractivity contribution >= 4 is 22.9 Å². The molecule has 0 unspecified atom stereocenters. The predicted molar refractivity (Wildman–Crippen MR) is 99.1 cm³/mol. The fraction of sp³-hybridized carbons (Fsp3) is 0.333. The summed E-state index contributed by atoms with van der Waals surface area (Å²) < 4.78 is 7.10. The van der Waals surface area contributed by atoms with Crippen LogP contribution in [0, 0.1) is 11.3 Å². The lowest BCUT2D eigenvalue weighted by atomic mass is 10.1. The van der Waals surface area contributed by atoms with Crippen LogP contribution in [0.4, 0.5) is 0 Å². The summed E-state index contributed by atoms with van der Waals surface area (Å²) in [5.41, 5.74) is 2.36. The van der Waals surface area contributed by atoms with Crippen molar-refractivity contribution in [2.45, 2.75) is 35.2 Å². The molecule has 10 heteroatoms. The van der Waals surface area contributed by atoms with E-state index in [-0.39, 0.29) is 0 Å². The number of aliphatic hydroxyl groups is 3. The van der Waals surface area contributed by atoms with Crippen LogP contribution in [-0.4, -0.2) is 59.8 Å². The van der Waals surface area contributed by atoms with E-state index in [9.17, 15) is 15.3 Å². The molecule has 0 amide bonds. The van der Waals surface area contributed by atoms with Crippen LogP contribution >= 0.6 is 11.8 Å². The third kappa shape index (κ3) is 3.34. The molecule has 1 aromatic carbocycles. The van der Waals surface area contributed by atoms with Gasteiger partial charge in [0.05, 0.1) is 30.3 Å². The van der Waals surface area contributed by atoms with Crippen molar-refractivity contribution in [3.63, 3.8) is 0 Å². The number of rotatable bonds is 5. The summed E-state index contributed by atoms with van der Waals surface area (Å²) >= 11 is 1.55. The second-order valence-electron chi connectivity index (χ2n) is 6.30. The van der Waals surface area contributed by atoms with Gasteiger partial charge in [-0.3, -0.25) is 4.57 Å². The van der Waals surface area contributed by atoms with Gasteiger partial charge in [-0.25, -0.2) is 15.0 Å². The first-order valence-electron chi connectivity index (χ1n) is 8.54. The lowest BCUT2D eigenvalue weighted by molar-refractivity contribution is -0.0511. The molecule has 1 aliphatic rings. The number of imidazole rings is 1. The molecule has 3 aromatic rings. The van der Waals surface area contributed by atoms with Crippen molar-refractivity contribution in [3.05, 3.63) is 48.2 Å². The fourth-order valence-corrected chi connectivity index (χ4v) is 3.92. The molecule has 0 aliphatic carbocycles. The third-order valence-electron chi connectivity index (χ3n) is 4.58. The Balaban J connectivity index is 1.57. The van der Waals surface area contributed by atoms with Crippen molar-refractivity contribution < 1.29 is 20.1 Å². The van der Waals surface area contributed by atoms with Gasteiger partial charge in [0.25, 0.3) is 0 Å². The summed E-state index contributed by atoms with van der Waals surface area (Å²) in [7, 11) is 0. The van der Waals surface area contributed by atoms with Crippen LogP contribution in [0.5, 0.6) is 0 Å². The molecule has 0 saturated carbocycles. The van der Waals surface area contributed by atoms with E-state index in [1.165, 1.54) is 17.2 Å². The van der Waals surface area contributed by atoms with Crippen molar-refractivity contribution in [3.8, 4) is 6.07 Å². The number of nitriles is 1. The van der Waals surface area contributed by atoms with Gasteiger partial charge in [0.15, 0.2) is 11.9 Å². The van der Waals surface area contributed by atoms with E-state index in [0.29, 0.717) is 28.2 Å². The molecule has 0 bridgehead atoms. The quantitative estimate of drug-likeness (QED) is 0.527. The minimum atomic E-state index is -1.21. The van der Waals surface area contributed by atoms with Crippen LogP contribution < -0.4 is 0 Å². The highest BCUT2D eigenvalue weighted by molar-refractivity contribution is 7.98. The molecule has 1 fully saturated rings. The van der Waals surface area contributed by atoms with Crippen LogP contribution in [-0.2, 0) is 10.5 Å². The van der Waals surface area contributed by atoms with E-state index >= 15 is 0 Å². The van der Waals surface area contributed by atoms with Crippen LogP contribution in [0.1, 0.15) is 17.5 Å². The molecular weight excluding hydrogens is 382 g/mol. The fourth-order valence-electron chi connectivity index (χ4n) is 3.08. The molecule has 2 aromatic heterocycles. The highest BCUT2D eigenvalue weighted by Crippen LogP contribution is 2.32. The number of hydrogen-bond donors (Lipinski definition) is 3. The summed E-state index contributed by atoms with van der Waals surface area (Å²) in [4.78, 5) is 13.9. The molecule has 1 aliphatic heterocycles. The maximum atomic E-state index is 10.2. The third-order valence-corrected chi connectivity index (χ3v) is 5.61. The number of nitrogens with zero attached hydrogens (tertiary/aromatic N) is 5. The number of ether oxygens (including phenoxy) is 1. The Kier molecular flexibility index (Phi) is 5.25. The second-order valence-corrected chi connectivity index (χ2v) is 7.35. The maximum absolute atomic E-state index is 10.2. The number of aromatic nitrogens is 4. The largest absolute Gasteiger partial charge is 0.394 e.